The molecule has 0 aliphatic carbocycles. The van der Waals surface area contributed by atoms with E-state index in [0.29, 0.717) is 6.42 Å². The Morgan fingerprint density at radius 1 is 1.27 bits per heavy atom. The van der Waals surface area contributed by atoms with Crippen molar-refractivity contribution in [3.05, 3.63) is 57.8 Å². The van der Waals surface area contributed by atoms with E-state index in [-0.39, 0.29) is 18.0 Å². The fourth-order valence-electron chi connectivity index (χ4n) is 2.34. The molecule has 3 N–H and O–H groups in total. The summed E-state index contributed by atoms with van der Waals surface area (Å²) < 4.78 is 0. The molecule has 2 heterocycles. The summed E-state index contributed by atoms with van der Waals surface area (Å²) in [5.41, 5.74) is 9.74. The van der Waals surface area contributed by atoms with Gasteiger partial charge in [0, 0.05) is 9.75 Å². The minimum Gasteiger partial charge on any atom is -0.271 e. The van der Waals surface area contributed by atoms with Gasteiger partial charge in [0.05, 0.1) is 12.3 Å². The van der Waals surface area contributed by atoms with Gasteiger partial charge in [0.15, 0.2) is 0 Å². The zero-order valence-electron chi connectivity index (χ0n) is 12.2. The minimum absolute atomic E-state index is 0.129. The molecule has 0 radical (unpaired) electrons. The van der Waals surface area contributed by atoms with E-state index in [4.69, 9.17) is 0 Å². The molecule has 1 aromatic heterocycles. The van der Waals surface area contributed by atoms with Crippen LogP contribution < -0.4 is 16.3 Å². The van der Waals surface area contributed by atoms with Crippen LogP contribution in [0.15, 0.2) is 47.6 Å². The molecule has 0 saturated carbocycles. The topological polar surface area (TPSA) is 65.5 Å². The molecule has 1 aliphatic heterocycles. The number of carbonyl (C=O) groups excluding carboxylic acids is 1. The standard InChI is InChI=1S/C16H18N4OS/c1-11-7-8-15(22-11)13-9-14(19-18-13)16(21)20-17-10-12-5-3-2-4-6-12/h2-8,10,13-14,18-19H,9H2,1H3,(H,20,21)/b17-10+. The van der Waals surface area contributed by atoms with Crippen molar-refractivity contribution in [2.45, 2.75) is 25.4 Å². The number of nitrogens with one attached hydrogen (secondary N) is 3. The fraction of sp³-hybridized carbons (Fsp3) is 0.250. The van der Waals surface area contributed by atoms with Crippen molar-refractivity contribution in [1.29, 1.82) is 0 Å². The number of thiophene rings is 1. The zero-order valence-corrected chi connectivity index (χ0v) is 13.1. The number of aryl methyl sites for hydroxylation is 1. The van der Waals surface area contributed by atoms with Crippen LogP contribution in [-0.4, -0.2) is 18.2 Å². The number of hydrogen-bond donors (Lipinski definition) is 3. The summed E-state index contributed by atoms with van der Waals surface area (Å²) in [6.07, 6.45) is 2.35. The van der Waals surface area contributed by atoms with Gasteiger partial charge in [-0.1, -0.05) is 30.3 Å². The average molecular weight is 314 g/mol. The van der Waals surface area contributed by atoms with E-state index < -0.39 is 0 Å². The summed E-state index contributed by atoms with van der Waals surface area (Å²) in [6.45, 7) is 2.08. The summed E-state index contributed by atoms with van der Waals surface area (Å²) in [7, 11) is 0. The third-order valence-corrected chi connectivity index (χ3v) is 4.63. The molecule has 1 amide bonds. The van der Waals surface area contributed by atoms with Gasteiger partial charge in [-0.05, 0) is 31.0 Å². The molecule has 1 fully saturated rings. The van der Waals surface area contributed by atoms with Crippen molar-refractivity contribution in [2.24, 2.45) is 5.10 Å². The average Bonchev–Trinajstić information content (AvgIpc) is 3.17. The lowest BCUT2D eigenvalue weighted by molar-refractivity contribution is -0.122. The fourth-order valence-corrected chi connectivity index (χ4v) is 3.28. The third kappa shape index (κ3) is 3.59. The summed E-state index contributed by atoms with van der Waals surface area (Å²) in [4.78, 5) is 14.6. The van der Waals surface area contributed by atoms with Crippen LogP contribution in [0.1, 0.15) is 27.8 Å². The lowest BCUT2D eigenvalue weighted by Gasteiger charge is -2.06. The normalized spacial score (nSPS) is 21.3. The van der Waals surface area contributed by atoms with E-state index in [2.05, 4.69) is 40.4 Å². The lowest BCUT2D eigenvalue weighted by atomic mass is 10.1. The van der Waals surface area contributed by atoms with Crippen molar-refractivity contribution in [2.75, 3.05) is 0 Å². The highest BCUT2D eigenvalue weighted by Crippen LogP contribution is 2.28. The largest absolute Gasteiger partial charge is 0.271 e. The molecule has 1 aliphatic rings. The maximum atomic E-state index is 12.1. The Morgan fingerprint density at radius 3 is 2.82 bits per heavy atom. The number of benzene rings is 1. The van der Waals surface area contributed by atoms with E-state index in [1.807, 2.05) is 30.3 Å². The highest BCUT2D eigenvalue weighted by atomic mass is 32.1. The van der Waals surface area contributed by atoms with E-state index in [1.165, 1.54) is 9.75 Å². The van der Waals surface area contributed by atoms with Gasteiger partial charge in [-0.15, -0.1) is 11.3 Å². The maximum absolute atomic E-state index is 12.1. The highest BCUT2D eigenvalue weighted by Gasteiger charge is 2.30. The number of hydrogen-bond acceptors (Lipinski definition) is 5. The lowest BCUT2D eigenvalue weighted by Crippen LogP contribution is -2.41. The second-order valence-corrected chi connectivity index (χ2v) is 6.54. The summed E-state index contributed by atoms with van der Waals surface area (Å²) in [5, 5.41) is 4.00. The maximum Gasteiger partial charge on any atom is 0.258 e. The third-order valence-electron chi connectivity index (χ3n) is 3.51. The van der Waals surface area contributed by atoms with Crippen LogP contribution in [0.5, 0.6) is 0 Å². The van der Waals surface area contributed by atoms with Crippen LogP contribution in [-0.2, 0) is 4.79 Å². The molecule has 5 nitrogen and oxygen atoms in total. The van der Waals surface area contributed by atoms with Gasteiger partial charge in [-0.2, -0.15) is 5.10 Å². The predicted octanol–water partition coefficient (Wildman–Crippen LogP) is 2.11. The van der Waals surface area contributed by atoms with Gasteiger partial charge in [-0.3, -0.25) is 4.79 Å². The first kappa shape index (κ1) is 14.9. The van der Waals surface area contributed by atoms with Crippen LogP contribution in [0, 0.1) is 6.92 Å². The zero-order chi connectivity index (χ0) is 15.4. The second-order valence-electron chi connectivity index (χ2n) is 5.22. The number of nitrogens with zero attached hydrogens (tertiary/aromatic N) is 1. The number of amides is 1. The number of carbonyl (C=O) groups is 1. The second kappa shape index (κ2) is 6.83. The number of hydrazone groups is 1. The van der Waals surface area contributed by atoms with Crippen molar-refractivity contribution in [3.63, 3.8) is 0 Å². The molecular weight excluding hydrogens is 296 g/mol. The molecule has 0 bridgehead atoms. The Labute approximate surface area is 133 Å². The van der Waals surface area contributed by atoms with Gasteiger partial charge in [0.25, 0.3) is 5.91 Å². The molecular formula is C16H18N4OS. The SMILES string of the molecule is Cc1ccc(C2CC(C(=O)N/N=C/c3ccccc3)NN2)s1. The Kier molecular flexibility index (Phi) is 4.62. The molecule has 0 spiro atoms. The van der Waals surface area contributed by atoms with Crippen LogP contribution in [0.3, 0.4) is 0 Å². The van der Waals surface area contributed by atoms with Crippen molar-refractivity contribution < 1.29 is 4.79 Å². The first-order chi connectivity index (χ1) is 10.7. The minimum atomic E-state index is -0.277. The van der Waals surface area contributed by atoms with Crippen LogP contribution in [0.25, 0.3) is 0 Å². The molecule has 114 valence electrons. The predicted molar refractivity (Wildman–Crippen MR) is 88.7 cm³/mol. The molecule has 2 atom stereocenters. The Balaban J connectivity index is 1.52. The Morgan fingerprint density at radius 2 is 2.09 bits per heavy atom. The monoisotopic (exact) mass is 314 g/mol. The highest BCUT2D eigenvalue weighted by molar-refractivity contribution is 7.12. The summed E-state index contributed by atoms with van der Waals surface area (Å²) >= 11 is 1.75. The van der Waals surface area contributed by atoms with E-state index in [0.717, 1.165) is 5.56 Å². The van der Waals surface area contributed by atoms with Gasteiger partial charge in [0.2, 0.25) is 0 Å². The number of rotatable bonds is 4. The molecule has 22 heavy (non-hydrogen) atoms. The van der Waals surface area contributed by atoms with Crippen LogP contribution in [0.4, 0.5) is 0 Å². The molecule has 2 aromatic rings. The van der Waals surface area contributed by atoms with Gasteiger partial charge >= 0.3 is 0 Å². The Hall–Kier alpha value is -2.02. The smallest absolute Gasteiger partial charge is 0.258 e. The van der Waals surface area contributed by atoms with E-state index >= 15 is 0 Å². The van der Waals surface area contributed by atoms with E-state index in [1.54, 1.807) is 17.6 Å². The molecule has 1 aromatic carbocycles. The summed E-state index contributed by atoms with van der Waals surface area (Å²) in [6, 6.07) is 13.8. The van der Waals surface area contributed by atoms with Gasteiger partial charge in [0.1, 0.15) is 6.04 Å². The number of hydrazine groups is 1. The summed E-state index contributed by atoms with van der Waals surface area (Å²) in [5.74, 6) is -0.129. The van der Waals surface area contributed by atoms with Gasteiger partial charge < -0.3 is 0 Å². The van der Waals surface area contributed by atoms with Crippen molar-refractivity contribution in [1.82, 2.24) is 16.3 Å². The van der Waals surface area contributed by atoms with Crippen molar-refractivity contribution in [3.8, 4) is 0 Å². The first-order valence-electron chi connectivity index (χ1n) is 7.18. The quantitative estimate of drug-likeness (QED) is 0.598. The van der Waals surface area contributed by atoms with E-state index in [9.17, 15) is 4.79 Å². The Bertz CT molecular complexity index is 668. The molecule has 3 rings (SSSR count). The van der Waals surface area contributed by atoms with Crippen molar-refractivity contribution >= 4 is 23.5 Å². The molecule has 6 heteroatoms. The van der Waals surface area contributed by atoms with Gasteiger partial charge in [-0.25, -0.2) is 16.3 Å². The molecule has 2 unspecified atom stereocenters. The first-order valence-corrected chi connectivity index (χ1v) is 7.99. The van der Waals surface area contributed by atoms with Crippen LogP contribution in [0.2, 0.25) is 0 Å². The molecule has 1 saturated heterocycles. The van der Waals surface area contributed by atoms with Crippen LogP contribution >= 0.6 is 11.3 Å².